The standard InChI is InChI=1S/C24H22BrN3O5S/c1-16-6-8-20(9-7-16)34(30,31)28(19-5-3-4-17(2)10-19)14-24(29)27-26-13-18-11-22-23(12-21(18)25)33-15-32-22/h3-13H,14-15H2,1-2H3,(H,27,29)/b26-13-. The van der Waals surface area contributed by atoms with Crippen LogP contribution in [0.5, 0.6) is 11.5 Å². The summed E-state index contributed by atoms with van der Waals surface area (Å²) in [5.41, 5.74) is 5.25. The fraction of sp³-hybridized carbons (Fsp3) is 0.167. The number of carbonyl (C=O) groups excluding carboxylic acids is 1. The summed E-state index contributed by atoms with van der Waals surface area (Å²) in [4.78, 5) is 12.8. The molecule has 3 aromatic rings. The third-order valence-corrected chi connectivity index (χ3v) is 7.55. The van der Waals surface area contributed by atoms with Crippen molar-refractivity contribution in [1.29, 1.82) is 0 Å². The van der Waals surface area contributed by atoms with E-state index >= 15 is 0 Å². The van der Waals surface area contributed by atoms with Crippen molar-refractivity contribution in [3.63, 3.8) is 0 Å². The van der Waals surface area contributed by atoms with E-state index in [2.05, 4.69) is 26.5 Å². The fourth-order valence-corrected chi connectivity index (χ4v) is 5.14. The fourth-order valence-electron chi connectivity index (χ4n) is 3.31. The van der Waals surface area contributed by atoms with Crippen LogP contribution in [0, 0.1) is 13.8 Å². The van der Waals surface area contributed by atoms with Crippen molar-refractivity contribution >= 4 is 43.8 Å². The number of halogens is 1. The van der Waals surface area contributed by atoms with E-state index in [-0.39, 0.29) is 11.7 Å². The molecule has 0 aromatic heterocycles. The Morgan fingerprint density at radius 2 is 1.76 bits per heavy atom. The van der Waals surface area contributed by atoms with Crippen LogP contribution in [0.15, 0.2) is 75.1 Å². The van der Waals surface area contributed by atoms with Crippen LogP contribution in [0.3, 0.4) is 0 Å². The van der Waals surface area contributed by atoms with Gasteiger partial charge < -0.3 is 9.47 Å². The first-order chi connectivity index (χ1) is 16.2. The molecule has 0 unspecified atom stereocenters. The molecule has 176 valence electrons. The Kier molecular flexibility index (Phi) is 6.90. The van der Waals surface area contributed by atoms with Crippen molar-refractivity contribution in [2.45, 2.75) is 18.7 Å². The Balaban J connectivity index is 1.55. The first kappa shape index (κ1) is 23.8. The molecule has 8 nitrogen and oxygen atoms in total. The van der Waals surface area contributed by atoms with Gasteiger partial charge in [-0.2, -0.15) is 5.10 Å². The van der Waals surface area contributed by atoms with Crippen molar-refractivity contribution in [1.82, 2.24) is 5.43 Å². The molecule has 1 amide bonds. The molecule has 1 N–H and O–H groups in total. The quantitative estimate of drug-likeness (QED) is 0.356. The number of sulfonamides is 1. The minimum atomic E-state index is -3.99. The minimum absolute atomic E-state index is 0.0974. The predicted molar refractivity (Wildman–Crippen MR) is 133 cm³/mol. The van der Waals surface area contributed by atoms with Gasteiger partial charge in [-0.05, 0) is 71.7 Å². The molecule has 0 fully saturated rings. The molecule has 0 atom stereocenters. The van der Waals surface area contributed by atoms with Gasteiger partial charge in [0, 0.05) is 10.0 Å². The van der Waals surface area contributed by atoms with E-state index in [1.165, 1.54) is 18.3 Å². The number of benzene rings is 3. The molecule has 0 aliphatic carbocycles. The van der Waals surface area contributed by atoms with Crippen molar-refractivity contribution in [2.24, 2.45) is 5.10 Å². The molecule has 0 saturated heterocycles. The average Bonchev–Trinajstić information content (AvgIpc) is 3.25. The zero-order valence-corrected chi connectivity index (χ0v) is 20.9. The van der Waals surface area contributed by atoms with Gasteiger partial charge in [0.2, 0.25) is 6.79 Å². The van der Waals surface area contributed by atoms with Crippen LogP contribution in [0.2, 0.25) is 0 Å². The highest BCUT2D eigenvalue weighted by Gasteiger charge is 2.27. The molecule has 34 heavy (non-hydrogen) atoms. The van der Waals surface area contributed by atoms with Crippen molar-refractivity contribution < 1.29 is 22.7 Å². The summed E-state index contributed by atoms with van der Waals surface area (Å²) >= 11 is 3.42. The van der Waals surface area contributed by atoms with Crippen LogP contribution >= 0.6 is 15.9 Å². The SMILES string of the molecule is Cc1ccc(S(=O)(=O)N(CC(=O)N/N=C\c2cc3c(cc2Br)OCO3)c2cccc(C)c2)cc1. The van der Waals surface area contributed by atoms with Gasteiger partial charge in [-0.1, -0.05) is 29.8 Å². The van der Waals surface area contributed by atoms with E-state index in [0.717, 1.165) is 15.4 Å². The summed E-state index contributed by atoms with van der Waals surface area (Å²) in [6, 6.07) is 16.9. The molecule has 0 saturated carbocycles. The number of hydrogen-bond donors (Lipinski definition) is 1. The Morgan fingerprint density at radius 3 is 2.47 bits per heavy atom. The van der Waals surface area contributed by atoms with E-state index in [4.69, 9.17) is 9.47 Å². The Labute approximate surface area is 206 Å². The van der Waals surface area contributed by atoms with Gasteiger partial charge in [0.1, 0.15) is 6.54 Å². The third kappa shape index (κ3) is 5.23. The lowest BCUT2D eigenvalue weighted by molar-refractivity contribution is -0.119. The second-order valence-corrected chi connectivity index (χ2v) is 10.4. The smallest absolute Gasteiger partial charge is 0.264 e. The van der Waals surface area contributed by atoms with Crippen LogP contribution in [0.25, 0.3) is 0 Å². The van der Waals surface area contributed by atoms with Gasteiger partial charge in [0.15, 0.2) is 11.5 Å². The van der Waals surface area contributed by atoms with Crippen LogP contribution in [-0.4, -0.2) is 33.9 Å². The molecule has 4 rings (SSSR count). The number of fused-ring (bicyclic) bond motifs is 1. The number of nitrogens with one attached hydrogen (secondary N) is 1. The number of amides is 1. The molecule has 1 heterocycles. The topological polar surface area (TPSA) is 97.3 Å². The molecule has 0 radical (unpaired) electrons. The highest BCUT2D eigenvalue weighted by atomic mass is 79.9. The van der Waals surface area contributed by atoms with Gasteiger partial charge in [0.05, 0.1) is 16.8 Å². The largest absolute Gasteiger partial charge is 0.454 e. The van der Waals surface area contributed by atoms with E-state index < -0.39 is 22.5 Å². The maximum absolute atomic E-state index is 13.4. The van der Waals surface area contributed by atoms with Gasteiger partial charge in [0.25, 0.3) is 15.9 Å². The van der Waals surface area contributed by atoms with Crippen LogP contribution in [0.1, 0.15) is 16.7 Å². The lowest BCUT2D eigenvalue weighted by atomic mass is 10.2. The second-order valence-electron chi connectivity index (χ2n) is 7.68. The van der Waals surface area contributed by atoms with E-state index in [1.54, 1.807) is 42.5 Å². The first-order valence-electron chi connectivity index (χ1n) is 10.3. The highest BCUT2D eigenvalue weighted by molar-refractivity contribution is 9.10. The molecular weight excluding hydrogens is 522 g/mol. The zero-order valence-electron chi connectivity index (χ0n) is 18.5. The molecule has 0 spiro atoms. The number of ether oxygens (including phenoxy) is 2. The summed E-state index contributed by atoms with van der Waals surface area (Å²) in [6.45, 7) is 3.43. The lowest BCUT2D eigenvalue weighted by Crippen LogP contribution is -2.39. The second kappa shape index (κ2) is 9.86. The molecule has 1 aliphatic rings. The number of anilines is 1. The lowest BCUT2D eigenvalue weighted by Gasteiger charge is -2.24. The third-order valence-electron chi connectivity index (χ3n) is 5.07. The van der Waals surface area contributed by atoms with Gasteiger partial charge in [-0.15, -0.1) is 0 Å². The maximum Gasteiger partial charge on any atom is 0.264 e. The van der Waals surface area contributed by atoms with Gasteiger partial charge >= 0.3 is 0 Å². The summed E-state index contributed by atoms with van der Waals surface area (Å²) < 4.78 is 39.3. The number of nitrogens with zero attached hydrogens (tertiary/aromatic N) is 2. The predicted octanol–water partition coefficient (Wildman–Crippen LogP) is 4.14. The van der Waals surface area contributed by atoms with E-state index in [1.807, 2.05) is 19.9 Å². The zero-order chi connectivity index (χ0) is 24.3. The van der Waals surface area contributed by atoms with Gasteiger partial charge in [-0.25, -0.2) is 13.8 Å². The van der Waals surface area contributed by atoms with Gasteiger partial charge in [-0.3, -0.25) is 9.10 Å². The van der Waals surface area contributed by atoms with Crippen LogP contribution in [0.4, 0.5) is 5.69 Å². The highest BCUT2D eigenvalue weighted by Crippen LogP contribution is 2.36. The van der Waals surface area contributed by atoms with Crippen molar-refractivity contribution in [3.05, 3.63) is 81.8 Å². The molecular formula is C24H22BrN3O5S. The van der Waals surface area contributed by atoms with Crippen molar-refractivity contribution in [2.75, 3.05) is 17.6 Å². The summed E-state index contributed by atoms with van der Waals surface area (Å²) in [7, 11) is -3.99. The molecule has 0 bridgehead atoms. The Morgan fingerprint density at radius 1 is 1.06 bits per heavy atom. The number of aryl methyl sites for hydroxylation is 2. The molecule has 3 aromatic carbocycles. The van der Waals surface area contributed by atoms with Crippen LogP contribution < -0.4 is 19.2 Å². The normalized spacial score (nSPS) is 12.7. The summed E-state index contributed by atoms with van der Waals surface area (Å²) in [5, 5.41) is 3.99. The molecule has 1 aliphatic heterocycles. The van der Waals surface area contributed by atoms with Crippen LogP contribution in [-0.2, 0) is 14.8 Å². The Hall–Kier alpha value is -3.37. The average molecular weight is 544 g/mol. The summed E-state index contributed by atoms with van der Waals surface area (Å²) in [5.74, 6) is 0.597. The maximum atomic E-state index is 13.4. The minimum Gasteiger partial charge on any atom is -0.454 e. The van der Waals surface area contributed by atoms with E-state index in [9.17, 15) is 13.2 Å². The molecule has 10 heteroatoms. The monoisotopic (exact) mass is 543 g/mol. The summed E-state index contributed by atoms with van der Waals surface area (Å²) in [6.07, 6.45) is 1.44. The van der Waals surface area contributed by atoms with Crippen molar-refractivity contribution in [3.8, 4) is 11.5 Å². The number of carbonyl (C=O) groups is 1. The Bertz CT molecular complexity index is 1360. The first-order valence-corrected chi connectivity index (χ1v) is 12.5. The van der Waals surface area contributed by atoms with E-state index in [0.29, 0.717) is 27.2 Å². The number of rotatable bonds is 7. The number of hydrogen-bond acceptors (Lipinski definition) is 6. The number of hydrazone groups is 1.